The van der Waals surface area contributed by atoms with Gasteiger partial charge < -0.3 is 5.32 Å². The van der Waals surface area contributed by atoms with Crippen molar-refractivity contribution in [3.05, 3.63) is 36.0 Å². The Hall–Kier alpha value is -2.28. The number of nitrogens with zero attached hydrogens (tertiary/aromatic N) is 2. The van der Waals surface area contributed by atoms with Crippen molar-refractivity contribution in [2.45, 2.75) is 44.7 Å². The second-order valence-corrected chi connectivity index (χ2v) is 5.88. The Morgan fingerprint density at radius 3 is 2.77 bits per heavy atom. The van der Waals surface area contributed by atoms with E-state index in [0.29, 0.717) is 18.9 Å². The van der Waals surface area contributed by atoms with E-state index in [9.17, 15) is 10.5 Å². The number of hydrogen-bond donors (Lipinski definition) is 1. The summed E-state index contributed by atoms with van der Waals surface area (Å²) >= 11 is 0. The van der Waals surface area contributed by atoms with Crippen molar-refractivity contribution >= 4 is 0 Å². The Balaban J connectivity index is 2.36. The molecule has 112 valence electrons. The molecular weight excluding hydrogens is 270 g/mol. The summed E-state index contributed by atoms with van der Waals surface area (Å²) in [5.41, 5.74) is -0.186. The topological polar surface area (TPSA) is 59.6 Å². The maximum Gasteiger partial charge on any atom is 0.168 e. The fourth-order valence-corrected chi connectivity index (χ4v) is 3.44. The van der Waals surface area contributed by atoms with E-state index in [4.69, 9.17) is 6.42 Å². The van der Waals surface area contributed by atoms with E-state index in [-0.39, 0.29) is 12.0 Å². The minimum absolute atomic E-state index is 0.0816. The van der Waals surface area contributed by atoms with E-state index >= 15 is 0 Å². The van der Waals surface area contributed by atoms with E-state index < -0.39 is 5.41 Å². The van der Waals surface area contributed by atoms with Gasteiger partial charge >= 0.3 is 0 Å². The lowest BCUT2D eigenvalue weighted by molar-refractivity contribution is 0.372. The van der Waals surface area contributed by atoms with Gasteiger partial charge in [0.2, 0.25) is 0 Å². The highest BCUT2D eigenvalue weighted by molar-refractivity contribution is 5.40. The lowest BCUT2D eigenvalue weighted by Crippen LogP contribution is -2.43. The van der Waals surface area contributed by atoms with Crippen LogP contribution in [0, 0.1) is 46.3 Å². The van der Waals surface area contributed by atoms with Gasteiger partial charge in [0.05, 0.1) is 12.1 Å². The predicted octanol–water partition coefficient (Wildman–Crippen LogP) is 3.24. The first-order valence-electron chi connectivity index (χ1n) is 7.72. The molecule has 3 heteroatoms. The van der Waals surface area contributed by atoms with Gasteiger partial charge in [0.1, 0.15) is 0 Å². The molecule has 1 unspecified atom stereocenters. The van der Waals surface area contributed by atoms with E-state index in [1.54, 1.807) is 0 Å². The maximum atomic E-state index is 9.73. The van der Waals surface area contributed by atoms with Gasteiger partial charge in [-0.05, 0) is 25.3 Å². The normalized spacial score (nSPS) is 27.4. The summed E-state index contributed by atoms with van der Waals surface area (Å²) in [4.78, 5) is 0. The Kier molecular flexibility index (Phi) is 5.21. The average molecular weight is 291 g/mol. The molecule has 0 aliphatic carbocycles. The molecule has 1 saturated heterocycles. The van der Waals surface area contributed by atoms with Crippen molar-refractivity contribution in [2.75, 3.05) is 0 Å². The molecule has 22 heavy (non-hydrogen) atoms. The standard InChI is InChI=1S/C19H21N3/c1-3-5-6-7-11-19(13-20,14-21)17-12-15-9-10-18(22-15)16(17)8-4-2/h2-3,5-7,12,15-16,18,22H,8-11H2,1H3/b5-3+,7-6+/t15-,16?,18+/m1/s1. The molecule has 1 fully saturated rings. The van der Waals surface area contributed by atoms with Gasteiger partial charge in [-0.25, -0.2) is 0 Å². The molecule has 2 rings (SSSR count). The lowest BCUT2D eigenvalue weighted by Gasteiger charge is -2.35. The van der Waals surface area contributed by atoms with Gasteiger partial charge in [0.25, 0.3) is 0 Å². The summed E-state index contributed by atoms with van der Waals surface area (Å²) in [6, 6.07) is 5.10. The third-order valence-electron chi connectivity index (χ3n) is 4.56. The Morgan fingerprint density at radius 1 is 1.36 bits per heavy atom. The highest BCUT2D eigenvalue weighted by Gasteiger charge is 2.45. The number of allylic oxidation sites excluding steroid dienone is 4. The van der Waals surface area contributed by atoms with Crippen molar-refractivity contribution in [2.24, 2.45) is 11.3 Å². The molecule has 1 N–H and O–H groups in total. The molecule has 2 heterocycles. The van der Waals surface area contributed by atoms with Crippen molar-refractivity contribution < 1.29 is 0 Å². The fourth-order valence-electron chi connectivity index (χ4n) is 3.44. The van der Waals surface area contributed by atoms with Gasteiger partial charge in [-0.15, -0.1) is 12.3 Å². The SMILES string of the molecule is C#CCC1C(C(C#N)(C#N)C/C=C/C=C/C)=C[C@H]2CC[C@@H]1N2. The van der Waals surface area contributed by atoms with Crippen LogP contribution in [-0.4, -0.2) is 12.1 Å². The number of nitriles is 2. The molecule has 0 aromatic rings. The zero-order valence-electron chi connectivity index (χ0n) is 12.9. The molecule has 2 bridgehead atoms. The van der Waals surface area contributed by atoms with Crippen molar-refractivity contribution in [3.8, 4) is 24.5 Å². The summed E-state index contributed by atoms with van der Waals surface area (Å²) in [5.74, 6) is 2.80. The van der Waals surface area contributed by atoms with E-state index in [1.807, 2.05) is 31.2 Å². The van der Waals surface area contributed by atoms with E-state index in [0.717, 1.165) is 18.4 Å². The zero-order valence-corrected chi connectivity index (χ0v) is 12.9. The summed E-state index contributed by atoms with van der Waals surface area (Å²) in [7, 11) is 0. The molecule has 0 radical (unpaired) electrons. The first kappa shape index (κ1) is 16.1. The molecule has 2 aliphatic heterocycles. The smallest absolute Gasteiger partial charge is 0.168 e. The van der Waals surface area contributed by atoms with Crippen LogP contribution >= 0.6 is 0 Å². The highest BCUT2D eigenvalue weighted by atomic mass is 15.0. The number of nitrogens with one attached hydrogen (secondary N) is 1. The minimum atomic E-state index is -1.11. The van der Waals surface area contributed by atoms with E-state index in [2.05, 4.69) is 29.5 Å². The second kappa shape index (κ2) is 7.13. The fraction of sp³-hybridized carbons (Fsp3) is 0.474. The zero-order chi connectivity index (χ0) is 16.0. The molecule has 3 nitrogen and oxygen atoms in total. The van der Waals surface area contributed by atoms with Crippen LogP contribution < -0.4 is 5.32 Å². The minimum Gasteiger partial charge on any atom is -0.307 e. The van der Waals surface area contributed by atoms with Crippen LogP contribution in [-0.2, 0) is 0 Å². The van der Waals surface area contributed by atoms with Crippen LogP contribution in [0.5, 0.6) is 0 Å². The van der Waals surface area contributed by atoms with Gasteiger partial charge in [-0.2, -0.15) is 10.5 Å². The van der Waals surface area contributed by atoms with Crippen molar-refractivity contribution in [3.63, 3.8) is 0 Å². The monoisotopic (exact) mass is 291 g/mol. The number of rotatable bonds is 5. The quantitative estimate of drug-likeness (QED) is 0.480. The van der Waals surface area contributed by atoms with Gasteiger partial charge in [-0.3, -0.25) is 0 Å². The summed E-state index contributed by atoms with van der Waals surface area (Å²) in [5, 5.41) is 23.0. The van der Waals surface area contributed by atoms with Gasteiger partial charge in [-0.1, -0.05) is 30.4 Å². The third kappa shape index (κ3) is 2.99. The van der Waals surface area contributed by atoms with Crippen LogP contribution in [0.1, 0.15) is 32.6 Å². The summed E-state index contributed by atoms with van der Waals surface area (Å²) in [6.07, 6.45) is 18.3. The van der Waals surface area contributed by atoms with E-state index in [1.165, 1.54) is 0 Å². The van der Waals surface area contributed by atoms with Gasteiger partial charge in [0.15, 0.2) is 5.41 Å². The third-order valence-corrected chi connectivity index (χ3v) is 4.56. The van der Waals surface area contributed by atoms with Crippen LogP contribution in [0.4, 0.5) is 0 Å². The first-order valence-corrected chi connectivity index (χ1v) is 7.72. The largest absolute Gasteiger partial charge is 0.307 e. The van der Waals surface area contributed by atoms with Crippen molar-refractivity contribution in [1.29, 1.82) is 10.5 Å². The van der Waals surface area contributed by atoms with Crippen LogP contribution in [0.2, 0.25) is 0 Å². The molecule has 0 aromatic carbocycles. The lowest BCUT2D eigenvalue weighted by atomic mass is 9.69. The highest BCUT2D eigenvalue weighted by Crippen LogP contribution is 2.44. The Morgan fingerprint density at radius 2 is 2.14 bits per heavy atom. The first-order chi connectivity index (χ1) is 10.7. The number of hydrogen-bond acceptors (Lipinski definition) is 3. The van der Waals surface area contributed by atoms with Crippen LogP contribution in [0.25, 0.3) is 0 Å². The molecule has 2 aliphatic rings. The molecule has 0 saturated carbocycles. The molecule has 0 amide bonds. The van der Waals surface area contributed by atoms with Crippen molar-refractivity contribution in [1.82, 2.24) is 5.32 Å². The summed E-state index contributed by atoms with van der Waals surface area (Å²) in [6.45, 7) is 1.93. The van der Waals surface area contributed by atoms with Crippen LogP contribution in [0.15, 0.2) is 36.0 Å². The molecular formula is C19H21N3. The predicted molar refractivity (Wildman–Crippen MR) is 87.2 cm³/mol. The number of fused-ring (bicyclic) bond motifs is 2. The average Bonchev–Trinajstić information content (AvgIpc) is 2.94. The Labute approximate surface area is 133 Å². The maximum absolute atomic E-state index is 9.73. The number of terminal acetylenes is 1. The second-order valence-electron chi connectivity index (χ2n) is 5.88. The van der Waals surface area contributed by atoms with Gasteiger partial charge in [0, 0.05) is 30.8 Å². The Bertz CT molecular complexity index is 605. The molecule has 0 spiro atoms. The molecule has 0 aromatic heterocycles. The van der Waals surface area contributed by atoms with Crippen LogP contribution in [0.3, 0.4) is 0 Å². The summed E-state index contributed by atoms with van der Waals surface area (Å²) < 4.78 is 0. The molecule has 3 atom stereocenters.